The smallest absolute Gasteiger partial charge is 0.266 e. The summed E-state index contributed by atoms with van der Waals surface area (Å²) in [5.41, 5.74) is 6.07. The van der Waals surface area contributed by atoms with E-state index in [0.29, 0.717) is 5.56 Å². The van der Waals surface area contributed by atoms with E-state index in [9.17, 15) is 13.5 Å². The van der Waals surface area contributed by atoms with E-state index in [4.69, 9.17) is 15.4 Å². The van der Waals surface area contributed by atoms with Crippen molar-refractivity contribution in [3.05, 3.63) is 23.8 Å². The van der Waals surface area contributed by atoms with Crippen LogP contribution in [-0.2, 0) is 16.5 Å². The van der Waals surface area contributed by atoms with Crippen LogP contribution in [0.2, 0.25) is 0 Å². The Bertz CT molecular complexity index is 471. The number of hydrogen-bond acceptors (Lipinski definition) is 5. The van der Waals surface area contributed by atoms with Gasteiger partial charge in [0.1, 0.15) is 0 Å². The molecule has 0 aromatic heterocycles. The van der Waals surface area contributed by atoms with Crippen molar-refractivity contribution in [2.24, 2.45) is 5.73 Å². The summed E-state index contributed by atoms with van der Waals surface area (Å²) in [4.78, 5) is 0. The zero-order valence-electron chi connectivity index (χ0n) is 8.37. The van der Waals surface area contributed by atoms with Crippen molar-refractivity contribution in [2.75, 3.05) is 5.75 Å². The molecule has 1 rings (SSSR count). The van der Waals surface area contributed by atoms with Crippen LogP contribution in [0.25, 0.3) is 0 Å². The monoisotopic (exact) mass is 247 g/mol. The molecule has 0 bridgehead atoms. The quantitative estimate of drug-likeness (QED) is 0.434. The Labute approximate surface area is 93.1 Å². The molecule has 1 atom stereocenters. The average Bonchev–Trinajstić information content (AvgIpc) is 2.08. The number of aromatic hydroxyl groups is 2. The third kappa shape index (κ3) is 4.05. The predicted molar refractivity (Wildman–Crippen MR) is 57.9 cm³/mol. The zero-order valence-corrected chi connectivity index (χ0v) is 9.18. The molecule has 0 saturated carbocycles. The highest BCUT2D eigenvalue weighted by Gasteiger charge is 2.13. The van der Waals surface area contributed by atoms with Crippen LogP contribution < -0.4 is 5.73 Å². The molecule has 0 heterocycles. The van der Waals surface area contributed by atoms with Crippen molar-refractivity contribution in [2.45, 2.75) is 12.5 Å². The third-order valence-corrected chi connectivity index (χ3v) is 2.81. The molecule has 0 amide bonds. The van der Waals surface area contributed by atoms with Gasteiger partial charge in [0.2, 0.25) is 0 Å². The fourth-order valence-electron chi connectivity index (χ4n) is 1.33. The van der Waals surface area contributed by atoms with E-state index in [1.54, 1.807) is 0 Å². The van der Waals surface area contributed by atoms with E-state index in [1.807, 2.05) is 0 Å². The normalized spacial score (nSPS) is 13.6. The summed E-state index contributed by atoms with van der Waals surface area (Å²) in [6.07, 6.45) is 0.174. The molecule has 90 valence electrons. The minimum Gasteiger partial charge on any atom is -0.504 e. The van der Waals surface area contributed by atoms with Crippen molar-refractivity contribution >= 4 is 10.1 Å². The molecular weight excluding hydrogens is 234 g/mol. The highest BCUT2D eigenvalue weighted by Crippen LogP contribution is 2.25. The molecule has 0 unspecified atom stereocenters. The molecule has 16 heavy (non-hydrogen) atoms. The largest absolute Gasteiger partial charge is 0.504 e. The Morgan fingerprint density at radius 1 is 1.25 bits per heavy atom. The summed E-state index contributed by atoms with van der Waals surface area (Å²) < 4.78 is 29.6. The van der Waals surface area contributed by atoms with Crippen molar-refractivity contribution in [1.29, 1.82) is 0 Å². The standard InChI is InChI=1S/C9H13NO5S/c10-7(5-16(13,14)15)3-6-1-2-8(11)9(12)4-6/h1-2,4,7,11-12H,3,5,10H2,(H,13,14,15)/t7-/m0/s1. The number of nitrogens with two attached hydrogens (primary N) is 1. The van der Waals surface area contributed by atoms with Gasteiger partial charge < -0.3 is 15.9 Å². The summed E-state index contributed by atoms with van der Waals surface area (Å²) in [5.74, 6) is -1.10. The highest BCUT2D eigenvalue weighted by molar-refractivity contribution is 7.85. The van der Waals surface area contributed by atoms with E-state index in [2.05, 4.69) is 0 Å². The van der Waals surface area contributed by atoms with Crippen molar-refractivity contribution in [3.63, 3.8) is 0 Å². The fourth-order valence-corrected chi connectivity index (χ4v) is 1.99. The van der Waals surface area contributed by atoms with Gasteiger partial charge in [0.05, 0.1) is 5.75 Å². The maximum Gasteiger partial charge on any atom is 0.266 e. The van der Waals surface area contributed by atoms with Gasteiger partial charge in [-0.15, -0.1) is 0 Å². The van der Waals surface area contributed by atoms with E-state index in [0.717, 1.165) is 0 Å². The van der Waals surface area contributed by atoms with Gasteiger partial charge in [-0.05, 0) is 24.1 Å². The van der Waals surface area contributed by atoms with E-state index in [-0.39, 0.29) is 17.9 Å². The lowest BCUT2D eigenvalue weighted by Gasteiger charge is -2.10. The Kier molecular flexibility index (Phi) is 3.74. The van der Waals surface area contributed by atoms with Crippen LogP contribution in [0, 0.1) is 0 Å². The van der Waals surface area contributed by atoms with Gasteiger partial charge in [-0.1, -0.05) is 6.07 Å². The average molecular weight is 247 g/mol. The second-order valence-corrected chi connectivity index (χ2v) is 5.03. The highest BCUT2D eigenvalue weighted by atomic mass is 32.2. The molecular formula is C9H13NO5S. The number of hydrogen-bond donors (Lipinski definition) is 4. The lowest BCUT2D eigenvalue weighted by atomic mass is 10.1. The molecule has 0 saturated heterocycles. The number of benzene rings is 1. The minimum absolute atomic E-state index is 0.174. The van der Waals surface area contributed by atoms with E-state index in [1.165, 1.54) is 18.2 Å². The molecule has 0 spiro atoms. The van der Waals surface area contributed by atoms with Gasteiger partial charge in [-0.3, -0.25) is 4.55 Å². The first kappa shape index (κ1) is 12.8. The Hall–Kier alpha value is -1.31. The van der Waals surface area contributed by atoms with Gasteiger partial charge in [-0.2, -0.15) is 8.42 Å². The fraction of sp³-hybridized carbons (Fsp3) is 0.333. The Morgan fingerprint density at radius 2 is 1.88 bits per heavy atom. The van der Waals surface area contributed by atoms with Gasteiger partial charge >= 0.3 is 0 Å². The van der Waals surface area contributed by atoms with Crippen LogP contribution in [0.4, 0.5) is 0 Å². The second kappa shape index (κ2) is 4.69. The maximum absolute atomic E-state index is 10.5. The van der Waals surface area contributed by atoms with Crippen molar-refractivity contribution in [3.8, 4) is 11.5 Å². The predicted octanol–water partition coefficient (Wildman–Crippen LogP) is -0.145. The van der Waals surface area contributed by atoms with Gasteiger partial charge in [-0.25, -0.2) is 0 Å². The first-order valence-corrected chi connectivity index (χ1v) is 6.10. The molecule has 1 aromatic carbocycles. The van der Waals surface area contributed by atoms with Crippen LogP contribution in [0.5, 0.6) is 11.5 Å². The van der Waals surface area contributed by atoms with Gasteiger partial charge in [0.15, 0.2) is 11.5 Å². The molecule has 6 nitrogen and oxygen atoms in total. The lowest BCUT2D eigenvalue weighted by molar-refractivity contribution is 0.403. The van der Waals surface area contributed by atoms with Gasteiger partial charge in [0, 0.05) is 6.04 Å². The molecule has 0 aliphatic carbocycles. The summed E-state index contributed by atoms with van der Waals surface area (Å²) in [7, 11) is -4.10. The van der Waals surface area contributed by atoms with E-state index < -0.39 is 21.9 Å². The van der Waals surface area contributed by atoms with Crippen LogP contribution in [0.3, 0.4) is 0 Å². The summed E-state index contributed by atoms with van der Waals surface area (Å²) in [6.45, 7) is 0. The second-order valence-electron chi connectivity index (χ2n) is 3.54. The molecule has 5 N–H and O–H groups in total. The van der Waals surface area contributed by atoms with Crippen LogP contribution >= 0.6 is 0 Å². The summed E-state index contributed by atoms with van der Waals surface area (Å²) in [5, 5.41) is 18.2. The molecule has 0 radical (unpaired) electrons. The zero-order chi connectivity index (χ0) is 12.3. The molecule has 0 aliphatic heterocycles. The number of rotatable bonds is 4. The van der Waals surface area contributed by atoms with Gasteiger partial charge in [0.25, 0.3) is 10.1 Å². The summed E-state index contributed by atoms with van der Waals surface area (Å²) >= 11 is 0. The summed E-state index contributed by atoms with van der Waals surface area (Å²) in [6, 6.07) is 3.32. The van der Waals surface area contributed by atoms with E-state index >= 15 is 0 Å². The third-order valence-electron chi connectivity index (χ3n) is 1.96. The number of phenolic OH excluding ortho intramolecular Hbond substituents is 2. The van der Waals surface area contributed by atoms with Crippen molar-refractivity contribution < 1.29 is 23.2 Å². The molecule has 0 fully saturated rings. The lowest BCUT2D eigenvalue weighted by Crippen LogP contribution is -2.31. The minimum atomic E-state index is -4.10. The first-order valence-electron chi connectivity index (χ1n) is 4.49. The first-order chi connectivity index (χ1) is 7.28. The molecule has 7 heteroatoms. The molecule has 0 aliphatic rings. The van der Waals surface area contributed by atoms with Crippen LogP contribution in [0.15, 0.2) is 18.2 Å². The Balaban J connectivity index is 2.70. The SMILES string of the molecule is N[C@@H](Cc1ccc(O)c(O)c1)CS(=O)(=O)O. The molecule has 1 aromatic rings. The topological polar surface area (TPSA) is 121 Å². The van der Waals surface area contributed by atoms with Crippen LogP contribution in [-0.4, -0.2) is 35.0 Å². The van der Waals surface area contributed by atoms with Crippen LogP contribution in [0.1, 0.15) is 5.56 Å². The Morgan fingerprint density at radius 3 is 2.38 bits per heavy atom. The number of phenols is 2. The maximum atomic E-state index is 10.5. The van der Waals surface area contributed by atoms with Crippen molar-refractivity contribution in [1.82, 2.24) is 0 Å².